The number of aromatic hydroxyl groups is 2. The van der Waals surface area contributed by atoms with Gasteiger partial charge in [0, 0.05) is 29.8 Å². The quantitative estimate of drug-likeness (QED) is 0.0534. The molecule has 58 heavy (non-hydrogen) atoms. The standard InChI is InChI=1S/C33H37ClN10O12S2/c1-32(2,28(51)52)56-41-22(17-12-57-30(35)37-17)19(46)11-16-26(50)42-13-33(29(53)54,58-27(16)42)43-9-10-44(31(43)55)40-25(49)21(15-3-4-18(45)23(47)20(15)34)38-39-24(48)14-5-7-36-8-6-14/h3-4,12,14,16,27,36,45,47H,5-11,13H2,1-2H3,(H2,35,37)(H,39,48)(H,40,49)(H,51,52)(H,53,54)/b38-21-,41-22-/t16?,27-,33-/m1/s1. The van der Waals surface area contributed by atoms with E-state index in [2.05, 4.69) is 31.4 Å². The van der Waals surface area contributed by atoms with Crippen molar-refractivity contribution in [3.63, 3.8) is 0 Å². The summed E-state index contributed by atoms with van der Waals surface area (Å²) in [5.41, 5.74) is 7.37. The topological polar surface area (TPSA) is 319 Å². The van der Waals surface area contributed by atoms with Crippen LogP contribution in [0.5, 0.6) is 11.5 Å². The number of rotatable bonds is 14. The van der Waals surface area contributed by atoms with Crippen molar-refractivity contribution in [3.05, 3.63) is 33.8 Å². The minimum absolute atomic E-state index is 0.0251. The number of nitrogens with one attached hydrogen (secondary N) is 3. The Kier molecular flexibility index (Phi) is 11.7. The summed E-state index contributed by atoms with van der Waals surface area (Å²) in [6, 6.07) is 1.22. The fraction of sp³-hybridized carbons (Fsp3) is 0.455. The van der Waals surface area contributed by atoms with Gasteiger partial charge in [-0.1, -0.05) is 28.5 Å². The van der Waals surface area contributed by atoms with Gasteiger partial charge in [-0.25, -0.2) is 29.8 Å². The highest BCUT2D eigenvalue weighted by molar-refractivity contribution is 8.02. The summed E-state index contributed by atoms with van der Waals surface area (Å²) in [5, 5.41) is 51.9. The Morgan fingerprint density at radius 3 is 2.47 bits per heavy atom. The van der Waals surface area contributed by atoms with Crippen molar-refractivity contribution >= 4 is 92.7 Å². The number of halogens is 1. The Hall–Kier alpha value is -5.72. The molecule has 0 saturated carbocycles. The van der Waals surface area contributed by atoms with Gasteiger partial charge in [0.15, 0.2) is 33.8 Å². The lowest BCUT2D eigenvalue weighted by atomic mass is 9.90. The molecule has 1 aromatic carbocycles. The number of carbonyl (C=O) groups excluding carboxylic acids is 5. The summed E-state index contributed by atoms with van der Waals surface area (Å²) >= 11 is 7.97. The molecule has 4 saturated heterocycles. The van der Waals surface area contributed by atoms with Gasteiger partial charge < -0.3 is 41.2 Å². The van der Waals surface area contributed by atoms with Crippen molar-refractivity contribution in [1.82, 2.24) is 36.0 Å². The number of piperidine rings is 1. The summed E-state index contributed by atoms with van der Waals surface area (Å²) < 4.78 is 0. The Morgan fingerprint density at radius 1 is 1.12 bits per heavy atom. The molecule has 1 aromatic heterocycles. The monoisotopic (exact) mass is 864 g/mol. The fourth-order valence-electron chi connectivity index (χ4n) is 6.49. The predicted molar refractivity (Wildman–Crippen MR) is 204 cm³/mol. The van der Waals surface area contributed by atoms with E-state index in [1.165, 1.54) is 24.1 Å². The molecule has 4 aliphatic rings. The first-order valence-corrected chi connectivity index (χ1v) is 19.6. The molecule has 0 spiro atoms. The number of carboxylic acid groups (broad SMARTS) is 2. The molecule has 0 bridgehead atoms. The molecule has 4 fully saturated rings. The number of carbonyl (C=O) groups is 7. The van der Waals surface area contributed by atoms with E-state index in [0.29, 0.717) is 25.9 Å². The number of urea groups is 1. The van der Waals surface area contributed by atoms with E-state index in [1.807, 2.05) is 0 Å². The number of amides is 5. The zero-order chi connectivity index (χ0) is 42.3. The molecule has 4 aliphatic heterocycles. The van der Waals surface area contributed by atoms with Gasteiger partial charge in [-0.05, 0) is 51.9 Å². The molecule has 1 unspecified atom stereocenters. The number of benzene rings is 1. The molecule has 25 heteroatoms. The number of anilines is 1. The van der Waals surface area contributed by atoms with Crippen molar-refractivity contribution in [2.24, 2.45) is 22.1 Å². The summed E-state index contributed by atoms with van der Waals surface area (Å²) in [6.07, 6.45) is 0.509. The van der Waals surface area contributed by atoms with E-state index in [9.17, 15) is 54.0 Å². The first-order chi connectivity index (χ1) is 27.4. The molecular weight excluding hydrogens is 828 g/mol. The van der Waals surface area contributed by atoms with E-state index in [0.717, 1.165) is 45.1 Å². The van der Waals surface area contributed by atoms with Gasteiger partial charge in [0.2, 0.25) is 22.3 Å². The number of thiazole rings is 1. The van der Waals surface area contributed by atoms with E-state index in [-0.39, 0.29) is 29.5 Å². The Morgan fingerprint density at radius 2 is 1.83 bits per heavy atom. The number of fused-ring (bicyclic) bond motifs is 1. The number of oxime groups is 1. The van der Waals surface area contributed by atoms with Gasteiger partial charge in [-0.3, -0.25) is 29.5 Å². The number of nitrogens with two attached hydrogens (primary N) is 1. The number of aromatic nitrogens is 1. The van der Waals surface area contributed by atoms with Gasteiger partial charge in [0.25, 0.3) is 5.91 Å². The summed E-state index contributed by atoms with van der Waals surface area (Å²) in [6.45, 7) is 2.64. The van der Waals surface area contributed by atoms with Crippen molar-refractivity contribution in [1.29, 1.82) is 0 Å². The number of carboxylic acids is 2. The van der Waals surface area contributed by atoms with Crippen LogP contribution in [0, 0.1) is 11.8 Å². The number of Topliss-reactive ketones (excluding diaryl/α,β-unsaturated/α-hetero) is 1. The van der Waals surface area contributed by atoms with Crippen LogP contribution >= 0.6 is 34.7 Å². The summed E-state index contributed by atoms with van der Waals surface area (Å²) in [7, 11) is 0. The normalized spacial score (nSPS) is 22.7. The second-order valence-electron chi connectivity index (χ2n) is 14.0. The number of hydrogen-bond donors (Lipinski definition) is 8. The largest absolute Gasteiger partial charge is 0.504 e. The maximum absolute atomic E-state index is 13.9. The van der Waals surface area contributed by atoms with Crippen LogP contribution in [-0.2, 0) is 33.6 Å². The number of hydrogen-bond acceptors (Lipinski definition) is 17. The van der Waals surface area contributed by atoms with Crippen molar-refractivity contribution in [2.75, 3.05) is 38.5 Å². The van der Waals surface area contributed by atoms with E-state index < -0.39 is 110 Å². The number of phenolic OH excluding ortho intramolecular Hbond substituents is 2. The van der Waals surface area contributed by atoms with Crippen LogP contribution < -0.4 is 21.9 Å². The van der Waals surface area contributed by atoms with E-state index in [1.54, 1.807) is 0 Å². The van der Waals surface area contributed by atoms with E-state index in [4.69, 9.17) is 22.2 Å². The van der Waals surface area contributed by atoms with Crippen LogP contribution in [0.25, 0.3) is 0 Å². The highest BCUT2D eigenvalue weighted by atomic mass is 35.5. The number of hydrazone groups is 1. The minimum Gasteiger partial charge on any atom is -0.504 e. The van der Waals surface area contributed by atoms with Gasteiger partial charge in [0.05, 0.1) is 29.4 Å². The first kappa shape index (κ1) is 41.9. The number of β-lactam (4-membered cyclic amide) rings is 1. The highest BCUT2D eigenvalue weighted by Crippen LogP contribution is 2.53. The van der Waals surface area contributed by atoms with E-state index >= 15 is 0 Å². The van der Waals surface area contributed by atoms with Gasteiger partial charge >= 0.3 is 18.0 Å². The Bertz CT molecular complexity index is 2140. The lowest BCUT2D eigenvalue weighted by Crippen LogP contribution is -2.60. The predicted octanol–water partition coefficient (Wildman–Crippen LogP) is -0.0659. The molecule has 9 N–H and O–H groups in total. The third-order valence-corrected chi connectivity index (χ3v) is 12.6. The zero-order valence-corrected chi connectivity index (χ0v) is 33.0. The first-order valence-electron chi connectivity index (χ1n) is 17.5. The lowest BCUT2D eigenvalue weighted by molar-refractivity contribution is -0.161. The maximum atomic E-state index is 13.9. The van der Waals surface area contributed by atoms with Crippen molar-refractivity contribution in [2.45, 2.75) is 49.0 Å². The molecule has 22 nitrogen and oxygen atoms in total. The molecule has 5 heterocycles. The molecule has 310 valence electrons. The lowest BCUT2D eigenvalue weighted by Gasteiger charge is -2.40. The number of nitrogens with zero attached hydrogens (tertiary/aromatic N) is 6. The zero-order valence-electron chi connectivity index (χ0n) is 30.6. The number of thioether (sulfide) groups is 1. The van der Waals surface area contributed by atoms with Crippen LogP contribution in [0.3, 0.4) is 0 Å². The third-order valence-electron chi connectivity index (χ3n) is 9.83. The van der Waals surface area contributed by atoms with Crippen molar-refractivity contribution < 1.29 is 58.8 Å². The second-order valence-corrected chi connectivity index (χ2v) is 16.7. The molecule has 3 atom stereocenters. The molecular formula is C33H37ClN10O12S2. The summed E-state index contributed by atoms with van der Waals surface area (Å²) in [5.74, 6) is -8.68. The average molecular weight is 865 g/mol. The average Bonchev–Trinajstić information content (AvgIpc) is 3.89. The number of aliphatic carboxylic acids is 2. The van der Waals surface area contributed by atoms with Gasteiger partial charge in [-0.2, -0.15) is 5.10 Å². The number of nitrogen functional groups attached to an aromatic ring is 1. The van der Waals surface area contributed by atoms with Crippen LogP contribution in [0.1, 0.15) is 44.4 Å². The fourth-order valence-corrected chi connectivity index (χ4v) is 8.98. The number of hydrazine groups is 1. The third kappa shape index (κ3) is 7.91. The van der Waals surface area contributed by atoms with Crippen LogP contribution in [0.4, 0.5) is 9.93 Å². The smallest absolute Gasteiger partial charge is 0.350 e. The number of phenols is 2. The van der Waals surface area contributed by atoms with Crippen LogP contribution in [0.15, 0.2) is 27.8 Å². The Balaban J connectivity index is 1.18. The van der Waals surface area contributed by atoms with Crippen LogP contribution in [-0.4, -0.2) is 142 Å². The molecule has 6 rings (SSSR count). The Labute approximate surface area is 341 Å². The van der Waals surface area contributed by atoms with Crippen LogP contribution in [0.2, 0.25) is 5.02 Å². The number of ketones is 1. The molecule has 5 amide bonds. The highest BCUT2D eigenvalue weighted by Gasteiger charge is 2.66. The molecule has 2 aromatic rings. The molecule has 0 radical (unpaired) electrons. The minimum atomic E-state index is -2.06. The SMILES string of the molecule is CC(C)(O/N=C(\C(=O)CC1C(=O)N2C[C@@](C(=O)O)(N3CCN(NC(=O)/C(=N\NC(=O)C4CCNCC4)c4ccc(O)c(O)c4Cl)C3=O)S[C@H]12)c1csc(N)n1)C(=O)O. The molecule has 0 aliphatic carbocycles. The van der Waals surface area contributed by atoms with Crippen molar-refractivity contribution in [3.8, 4) is 11.5 Å². The second kappa shape index (κ2) is 16.3. The van der Waals surface area contributed by atoms with Gasteiger partial charge in [-0.15, -0.1) is 11.3 Å². The maximum Gasteiger partial charge on any atom is 0.350 e. The summed E-state index contributed by atoms with van der Waals surface area (Å²) in [4.78, 5) is 101. The van der Waals surface area contributed by atoms with Gasteiger partial charge in [0.1, 0.15) is 5.69 Å².